The van der Waals surface area contributed by atoms with Crippen molar-refractivity contribution in [3.8, 4) is 0 Å². The zero-order valence-corrected chi connectivity index (χ0v) is 14.4. The van der Waals surface area contributed by atoms with E-state index in [0.29, 0.717) is 10.7 Å². The number of hydrogen-bond donors (Lipinski definition) is 1. The smallest absolute Gasteiger partial charge is 0.199 e. The Balaban J connectivity index is 1.75. The normalized spacial score (nSPS) is 14.9. The standard InChI is InChI=1S/C16H16BrN3OS/c17-12-6-3-11(4-7-12)5-8-13(21)14-15(18)19-16(22-14)20-9-1-2-10-20/h3-8H,1-2,9-10,18H2/b8-5+. The Morgan fingerprint density at radius 2 is 1.95 bits per heavy atom. The highest BCUT2D eigenvalue weighted by atomic mass is 79.9. The highest BCUT2D eigenvalue weighted by Gasteiger charge is 2.20. The minimum Gasteiger partial charge on any atom is -0.382 e. The molecule has 1 aliphatic heterocycles. The van der Waals surface area contributed by atoms with Crippen LogP contribution in [0.4, 0.5) is 10.9 Å². The maximum absolute atomic E-state index is 12.3. The van der Waals surface area contributed by atoms with Gasteiger partial charge in [-0.3, -0.25) is 4.79 Å². The summed E-state index contributed by atoms with van der Waals surface area (Å²) in [6.07, 6.45) is 5.70. The van der Waals surface area contributed by atoms with Crippen molar-refractivity contribution in [2.24, 2.45) is 0 Å². The molecule has 1 fully saturated rings. The molecule has 0 bridgehead atoms. The number of ketones is 1. The van der Waals surface area contributed by atoms with E-state index in [1.54, 1.807) is 12.2 Å². The van der Waals surface area contributed by atoms with E-state index < -0.39 is 0 Å². The van der Waals surface area contributed by atoms with Crippen molar-refractivity contribution in [2.45, 2.75) is 12.8 Å². The number of nitrogens with two attached hydrogens (primary N) is 1. The first kappa shape index (κ1) is 15.2. The zero-order valence-electron chi connectivity index (χ0n) is 12.0. The zero-order chi connectivity index (χ0) is 15.5. The Hall–Kier alpha value is -1.66. The topological polar surface area (TPSA) is 59.2 Å². The van der Waals surface area contributed by atoms with Crippen molar-refractivity contribution >= 4 is 50.1 Å². The molecule has 3 rings (SSSR count). The molecule has 0 unspecified atom stereocenters. The van der Waals surface area contributed by atoms with E-state index in [1.165, 1.54) is 24.2 Å². The predicted molar refractivity (Wildman–Crippen MR) is 95.5 cm³/mol. The van der Waals surface area contributed by atoms with E-state index >= 15 is 0 Å². The Morgan fingerprint density at radius 1 is 1.27 bits per heavy atom. The van der Waals surface area contributed by atoms with E-state index in [1.807, 2.05) is 24.3 Å². The average molecular weight is 378 g/mol. The first-order valence-electron chi connectivity index (χ1n) is 7.13. The third-order valence-corrected chi connectivity index (χ3v) is 5.21. The van der Waals surface area contributed by atoms with Crippen LogP contribution in [-0.2, 0) is 0 Å². The number of anilines is 2. The first-order chi connectivity index (χ1) is 10.6. The molecule has 2 N–H and O–H groups in total. The number of hydrogen-bond acceptors (Lipinski definition) is 5. The molecule has 4 nitrogen and oxygen atoms in total. The van der Waals surface area contributed by atoms with E-state index in [2.05, 4.69) is 25.8 Å². The molecule has 1 saturated heterocycles. The molecular weight excluding hydrogens is 362 g/mol. The van der Waals surface area contributed by atoms with Crippen LogP contribution in [0.5, 0.6) is 0 Å². The molecule has 1 aliphatic rings. The van der Waals surface area contributed by atoms with Gasteiger partial charge in [0.1, 0.15) is 10.7 Å². The van der Waals surface area contributed by atoms with E-state index in [9.17, 15) is 4.79 Å². The first-order valence-corrected chi connectivity index (χ1v) is 8.73. The van der Waals surface area contributed by atoms with Crippen molar-refractivity contribution in [2.75, 3.05) is 23.7 Å². The largest absolute Gasteiger partial charge is 0.382 e. The van der Waals surface area contributed by atoms with Crippen LogP contribution in [-0.4, -0.2) is 23.9 Å². The van der Waals surface area contributed by atoms with Crippen LogP contribution < -0.4 is 10.6 Å². The van der Waals surface area contributed by atoms with Crippen molar-refractivity contribution in [1.29, 1.82) is 0 Å². The van der Waals surface area contributed by atoms with Crippen LogP contribution >= 0.6 is 27.3 Å². The average Bonchev–Trinajstić information content (AvgIpc) is 3.15. The van der Waals surface area contributed by atoms with Gasteiger partial charge in [-0.25, -0.2) is 4.98 Å². The van der Waals surface area contributed by atoms with Crippen LogP contribution in [0, 0.1) is 0 Å². The van der Waals surface area contributed by atoms with Crippen molar-refractivity contribution in [1.82, 2.24) is 4.98 Å². The molecule has 6 heteroatoms. The number of carbonyl (C=O) groups is 1. The number of aromatic nitrogens is 1. The van der Waals surface area contributed by atoms with Gasteiger partial charge in [0.2, 0.25) is 0 Å². The van der Waals surface area contributed by atoms with Gasteiger partial charge < -0.3 is 10.6 Å². The predicted octanol–water partition coefficient (Wildman–Crippen LogP) is 3.98. The molecular formula is C16H16BrN3OS. The molecule has 1 aromatic heterocycles. The maximum Gasteiger partial charge on any atom is 0.199 e. The molecule has 0 radical (unpaired) electrons. The molecule has 1 aromatic carbocycles. The number of rotatable bonds is 4. The number of allylic oxidation sites excluding steroid dienone is 1. The Morgan fingerprint density at radius 3 is 2.64 bits per heavy atom. The molecule has 114 valence electrons. The number of halogens is 1. The summed E-state index contributed by atoms with van der Waals surface area (Å²) in [4.78, 5) is 19.4. The lowest BCUT2D eigenvalue weighted by Crippen LogP contribution is -2.17. The summed E-state index contributed by atoms with van der Waals surface area (Å²) in [6, 6.07) is 7.77. The van der Waals surface area contributed by atoms with Crippen LogP contribution in [0.15, 0.2) is 34.8 Å². The summed E-state index contributed by atoms with van der Waals surface area (Å²) in [5.74, 6) is 0.237. The van der Waals surface area contributed by atoms with Gasteiger partial charge in [0.15, 0.2) is 10.9 Å². The van der Waals surface area contributed by atoms with Gasteiger partial charge in [0, 0.05) is 17.6 Å². The second-order valence-electron chi connectivity index (χ2n) is 5.15. The number of carbonyl (C=O) groups excluding carboxylic acids is 1. The van der Waals surface area contributed by atoms with Crippen LogP contribution in [0.1, 0.15) is 28.1 Å². The quantitative estimate of drug-likeness (QED) is 0.646. The van der Waals surface area contributed by atoms with Gasteiger partial charge in [-0.1, -0.05) is 45.5 Å². The number of benzene rings is 1. The fourth-order valence-electron chi connectivity index (χ4n) is 2.36. The number of nitrogens with zero attached hydrogens (tertiary/aromatic N) is 2. The summed E-state index contributed by atoms with van der Waals surface area (Å²) in [7, 11) is 0. The number of thiazole rings is 1. The van der Waals surface area contributed by atoms with Gasteiger partial charge in [-0.2, -0.15) is 0 Å². The van der Waals surface area contributed by atoms with Gasteiger partial charge in [0.25, 0.3) is 0 Å². The fraction of sp³-hybridized carbons (Fsp3) is 0.250. The molecule has 0 aliphatic carbocycles. The van der Waals surface area contributed by atoms with Gasteiger partial charge in [-0.05, 0) is 36.6 Å². The lowest BCUT2D eigenvalue weighted by atomic mass is 10.2. The van der Waals surface area contributed by atoms with Crippen molar-refractivity contribution in [3.05, 3.63) is 45.3 Å². The Bertz CT molecular complexity index is 703. The van der Waals surface area contributed by atoms with Gasteiger partial charge in [0.05, 0.1) is 0 Å². The van der Waals surface area contributed by atoms with E-state index in [4.69, 9.17) is 5.73 Å². The van der Waals surface area contributed by atoms with Crippen LogP contribution in [0.2, 0.25) is 0 Å². The highest BCUT2D eigenvalue weighted by Crippen LogP contribution is 2.30. The molecule has 22 heavy (non-hydrogen) atoms. The van der Waals surface area contributed by atoms with Crippen LogP contribution in [0.25, 0.3) is 6.08 Å². The molecule has 0 atom stereocenters. The lowest BCUT2D eigenvalue weighted by Gasteiger charge is -2.11. The van der Waals surface area contributed by atoms with E-state index in [0.717, 1.165) is 28.3 Å². The van der Waals surface area contributed by atoms with E-state index in [-0.39, 0.29) is 5.78 Å². The third-order valence-electron chi connectivity index (χ3n) is 3.54. The monoisotopic (exact) mass is 377 g/mol. The minimum absolute atomic E-state index is 0.0941. The van der Waals surface area contributed by atoms with Gasteiger partial charge >= 0.3 is 0 Å². The number of nitrogen functional groups attached to an aromatic ring is 1. The molecule has 2 aromatic rings. The van der Waals surface area contributed by atoms with Crippen molar-refractivity contribution in [3.63, 3.8) is 0 Å². The fourth-order valence-corrected chi connectivity index (χ4v) is 3.58. The Labute approximate surface area is 141 Å². The summed E-state index contributed by atoms with van der Waals surface area (Å²) >= 11 is 4.77. The molecule has 0 amide bonds. The summed E-state index contributed by atoms with van der Waals surface area (Å²) < 4.78 is 1.01. The lowest BCUT2D eigenvalue weighted by molar-refractivity contribution is 0.105. The second kappa shape index (κ2) is 6.62. The van der Waals surface area contributed by atoms with Crippen LogP contribution in [0.3, 0.4) is 0 Å². The summed E-state index contributed by atoms with van der Waals surface area (Å²) in [5, 5.41) is 0.857. The molecule has 0 saturated carbocycles. The second-order valence-corrected chi connectivity index (χ2v) is 7.05. The summed E-state index contributed by atoms with van der Waals surface area (Å²) in [6.45, 7) is 1.99. The molecule has 2 heterocycles. The SMILES string of the molecule is Nc1nc(N2CCCC2)sc1C(=O)/C=C/c1ccc(Br)cc1. The van der Waals surface area contributed by atoms with Crippen molar-refractivity contribution < 1.29 is 4.79 Å². The van der Waals surface area contributed by atoms with Gasteiger partial charge in [-0.15, -0.1) is 0 Å². The highest BCUT2D eigenvalue weighted by molar-refractivity contribution is 9.10. The third kappa shape index (κ3) is 3.39. The minimum atomic E-state index is -0.0941. The Kier molecular flexibility index (Phi) is 4.59. The maximum atomic E-state index is 12.3. The molecule has 0 spiro atoms. The summed E-state index contributed by atoms with van der Waals surface area (Å²) in [5.41, 5.74) is 6.88.